The van der Waals surface area contributed by atoms with Crippen LogP contribution in [0.4, 0.5) is 5.69 Å². The number of thioether (sulfide) groups is 1. The summed E-state index contributed by atoms with van der Waals surface area (Å²) in [6.07, 6.45) is 3.34. The second-order valence-corrected chi connectivity index (χ2v) is 6.71. The van der Waals surface area contributed by atoms with Crippen LogP contribution < -0.4 is 10.6 Å². The van der Waals surface area contributed by atoms with E-state index in [0.29, 0.717) is 4.75 Å². The highest BCUT2D eigenvalue weighted by Gasteiger charge is 2.16. The van der Waals surface area contributed by atoms with Crippen molar-refractivity contribution in [3.8, 4) is 0 Å². The van der Waals surface area contributed by atoms with Gasteiger partial charge in [0.2, 0.25) is 0 Å². The Morgan fingerprint density at radius 1 is 1.41 bits per heavy atom. The molecule has 0 saturated heterocycles. The van der Waals surface area contributed by atoms with Crippen LogP contribution in [-0.4, -0.2) is 24.1 Å². The minimum absolute atomic E-state index is 0.311. The zero-order valence-corrected chi connectivity index (χ0v) is 11.8. The van der Waals surface area contributed by atoms with E-state index < -0.39 is 0 Å². The average molecular weight is 250 g/mol. The minimum Gasteiger partial charge on any atom is -0.384 e. The maximum atomic E-state index is 3.56. The summed E-state index contributed by atoms with van der Waals surface area (Å²) in [7, 11) is 0. The first kappa shape index (κ1) is 12.8. The minimum atomic E-state index is 0.311. The Kier molecular flexibility index (Phi) is 4.00. The number of para-hydroxylation sites is 1. The Hall–Kier alpha value is -0.670. The summed E-state index contributed by atoms with van der Waals surface area (Å²) in [6, 6.07) is 6.61. The number of benzene rings is 1. The maximum absolute atomic E-state index is 3.56. The van der Waals surface area contributed by atoms with Gasteiger partial charge in [-0.15, -0.1) is 0 Å². The Morgan fingerprint density at radius 2 is 2.24 bits per heavy atom. The Balaban J connectivity index is 1.94. The molecule has 0 aromatic heterocycles. The van der Waals surface area contributed by atoms with E-state index >= 15 is 0 Å². The molecule has 94 valence electrons. The van der Waals surface area contributed by atoms with E-state index in [9.17, 15) is 0 Å². The van der Waals surface area contributed by atoms with Crippen LogP contribution in [0.5, 0.6) is 0 Å². The summed E-state index contributed by atoms with van der Waals surface area (Å²) >= 11 is 1.91. The molecular formula is C14H22N2S. The lowest BCUT2D eigenvalue weighted by Gasteiger charge is -2.22. The van der Waals surface area contributed by atoms with Crippen molar-refractivity contribution < 1.29 is 0 Å². The summed E-state index contributed by atoms with van der Waals surface area (Å²) in [5, 5.41) is 7.05. The first-order valence-electron chi connectivity index (χ1n) is 6.23. The second kappa shape index (κ2) is 5.32. The van der Waals surface area contributed by atoms with Gasteiger partial charge >= 0.3 is 0 Å². The second-order valence-electron chi connectivity index (χ2n) is 5.20. The van der Waals surface area contributed by atoms with Crippen LogP contribution in [0.1, 0.15) is 25.0 Å². The topological polar surface area (TPSA) is 24.1 Å². The van der Waals surface area contributed by atoms with Gasteiger partial charge < -0.3 is 10.6 Å². The zero-order valence-electron chi connectivity index (χ0n) is 11.0. The maximum Gasteiger partial charge on any atom is 0.0419 e. The van der Waals surface area contributed by atoms with Crippen molar-refractivity contribution in [3.05, 3.63) is 29.3 Å². The SMILES string of the molecule is CSC(C)(C)CNCc1cccc2c1NCC2. The Labute approximate surface area is 109 Å². The van der Waals surface area contributed by atoms with Crippen molar-refractivity contribution in [2.24, 2.45) is 0 Å². The Bertz CT molecular complexity index is 388. The summed E-state index contributed by atoms with van der Waals surface area (Å²) in [5.74, 6) is 0. The molecule has 1 heterocycles. The first-order chi connectivity index (χ1) is 8.12. The standard InChI is InChI=1S/C14H22N2S/c1-14(2,17-3)10-15-9-12-6-4-5-11-7-8-16-13(11)12/h4-6,15-16H,7-10H2,1-3H3. The average Bonchev–Trinajstić information content (AvgIpc) is 2.78. The molecule has 1 aliphatic rings. The lowest BCUT2D eigenvalue weighted by Crippen LogP contribution is -2.31. The molecule has 2 nitrogen and oxygen atoms in total. The molecular weight excluding hydrogens is 228 g/mol. The molecule has 0 spiro atoms. The van der Waals surface area contributed by atoms with Crippen LogP contribution >= 0.6 is 11.8 Å². The molecule has 0 saturated carbocycles. The number of hydrogen-bond donors (Lipinski definition) is 2. The predicted octanol–water partition coefficient (Wildman–Crippen LogP) is 2.89. The largest absolute Gasteiger partial charge is 0.384 e. The van der Waals surface area contributed by atoms with Crippen molar-refractivity contribution >= 4 is 17.4 Å². The van der Waals surface area contributed by atoms with Crippen molar-refractivity contribution in [1.82, 2.24) is 5.32 Å². The van der Waals surface area contributed by atoms with Gasteiger partial charge in [0.25, 0.3) is 0 Å². The number of fused-ring (bicyclic) bond motifs is 1. The van der Waals surface area contributed by atoms with Crippen molar-refractivity contribution in [3.63, 3.8) is 0 Å². The fourth-order valence-corrected chi connectivity index (χ4v) is 2.37. The molecule has 0 unspecified atom stereocenters. The Morgan fingerprint density at radius 3 is 3.00 bits per heavy atom. The van der Waals surface area contributed by atoms with Crippen LogP contribution in [0.25, 0.3) is 0 Å². The van der Waals surface area contributed by atoms with Gasteiger partial charge in [-0.2, -0.15) is 11.8 Å². The molecule has 0 bridgehead atoms. The van der Waals surface area contributed by atoms with Crippen LogP contribution in [0.2, 0.25) is 0 Å². The third-order valence-electron chi connectivity index (χ3n) is 3.35. The fraction of sp³-hybridized carbons (Fsp3) is 0.571. The molecule has 0 atom stereocenters. The fourth-order valence-electron chi connectivity index (χ4n) is 2.13. The molecule has 2 rings (SSSR count). The van der Waals surface area contributed by atoms with Gasteiger partial charge in [0.15, 0.2) is 0 Å². The number of anilines is 1. The van der Waals surface area contributed by atoms with E-state index in [4.69, 9.17) is 0 Å². The normalized spacial score (nSPS) is 14.5. The summed E-state index contributed by atoms with van der Waals surface area (Å²) in [5.41, 5.74) is 4.23. The molecule has 0 fully saturated rings. The predicted molar refractivity (Wildman–Crippen MR) is 77.9 cm³/mol. The van der Waals surface area contributed by atoms with Gasteiger partial charge in [0.1, 0.15) is 0 Å². The first-order valence-corrected chi connectivity index (χ1v) is 7.45. The third-order valence-corrected chi connectivity index (χ3v) is 4.60. The van der Waals surface area contributed by atoms with Crippen LogP contribution in [-0.2, 0) is 13.0 Å². The molecule has 2 N–H and O–H groups in total. The summed E-state index contributed by atoms with van der Waals surface area (Å²) in [6.45, 7) is 7.64. The molecule has 1 aromatic carbocycles. The quantitative estimate of drug-likeness (QED) is 0.840. The number of rotatable bonds is 5. The zero-order chi connectivity index (χ0) is 12.3. The summed E-state index contributed by atoms with van der Waals surface area (Å²) < 4.78 is 0.311. The van der Waals surface area contributed by atoms with Crippen LogP contribution in [0, 0.1) is 0 Å². The van der Waals surface area contributed by atoms with Crippen molar-refractivity contribution in [1.29, 1.82) is 0 Å². The molecule has 1 aromatic rings. The number of hydrogen-bond acceptors (Lipinski definition) is 3. The van der Waals surface area contributed by atoms with E-state index in [1.54, 1.807) is 0 Å². The van der Waals surface area contributed by atoms with E-state index in [0.717, 1.165) is 19.6 Å². The van der Waals surface area contributed by atoms with Crippen LogP contribution in [0.3, 0.4) is 0 Å². The van der Waals surface area contributed by atoms with Crippen LogP contribution in [0.15, 0.2) is 18.2 Å². The molecule has 17 heavy (non-hydrogen) atoms. The smallest absolute Gasteiger partial charge is 0.0419 e. The molecule has 0 radical (unpaired) electrons. The van der Waals surface area contributed by atoms with Gasteiger partial charge in [-0.25, -0.2) is 0 Å². The highest BCUT2D eigenvalue weighted by molar-refractivity contribution is 7.99. The number of nitrogens with one attached hydrogen (secondary N) is 2. The van der Waals surface area contributed by atoms with Crippen molar-refractivity contribution in [2.75, 3.05) is 24.7 Å². The van der Waals surface area contributed by atoms with Gasteiger partial charge in [-0.05, 0) is 37.7 Å². The lowest BCUT2D eigenvalue weighted by molar-refractivity contribution is 0.591. The van der Waals surface area contributed by atoms with E-state index in [1.165, 1.54) is 23.2 Å². The molecule has 3 heteroatoms. The van der Waals surface area contributed by atoms with Gasteiger partial charge in [-0.1, -0.05) is 18.2 Å². The molecule has 0 amide bonds. The molecule has 1 aliphatic heterocycles. The summed E-state index contributed by atoms with van der Waals surface area (Å²) in [4.78, 5) is 0. The van der Waals surface area contributed by atoms with E-state index in [-0.39, 0.29) is 0 Å². The third kappa shape index (κ3) is 3.17. The van der Waals surface area contributed by atoms with E-state index in [2.05, 4.69) is 48.9 Å². The highest BCUT2D eigenvalue weighted by atomic mass is 32.2. The molecule has 0 aliphatic carbocycles. The monoisotopic (exact) mass is 250 g/mol. The van der Waals surface area contributed by atoms with Gasteiger partial charge in [0.05, 0.1) is 0 Å². The van der Waals surface area contributed by atoms with E-state index in [1.807, 2.05) is 11.8 Å². The van der Waals surface area contributed by atoms with Gasteiger partial charge in [0, 0.05) is 30.1 Å². The van der Waals surface area contributed by atoms with Crippen molar-refractivity contribution in [2.45, 2.75) is 31.6 Å². The van der Waals surface area contributed by atoms with Gasteiger partial charge in [-0.3, -0.25) is 0 Å². The lowest BCUT2D eigenvalue weighted by atomic mass is 10.1. The highest BCUT2D eigenvalue weighted by Crippen LogP contribution is 2.26.